The maximum absolute atomic E-state index is 13.2. The normalized spacial score (nSPS) is 11.7. The molecule has 1 aromatic rings. The summed E-state index contributed by atoms with van der Waals surface area (Å²) in [5, 5.41) is 0. The molecule has 0 aliphatic carbocycles. The van der Waals surface area contributed by atoms with Crippen LogP contribution in [0.2, 0.25) is 0 Å². The van der Waals surface area contributed by atoms with Crippen molar-refractivity contribution in [2.75, 3.05) is 7.18 Å². The van der Waals surface area contributed by atoms with E-state index in [9.17, 15) is 13.6 Å². The molecular formula is C9H11BrF2NO3P. The molecule has 0 spiro atoms. The Morgan fingerprint density at radius 3 is 2.35 bits per heavy atom. The number of benzene rings is 1. The van der Waals surface area contributed by atoms with Crippen molar-refractivity contribution in [3.63, 3.8) is 0 Å². The highest BCUT2D eigenvalue weighted by Gasteiger charge is 2.21. The predicted molar refractivity (Wildman–Crippen MR) is 64.9 cm³/mol. The first-order valence-electron chi connectivity index (χ1n) is 4.21. The van der Waals surface area contributed by atoms with E-state index >= 15 is 0 Å². The number of rotatable bonds is 3. The van der Waals surface area contributed by atoms with Crippen LogP contribution in [0.1, 0.15) is 21.8 Å². The summed E-state index contributed by atoms with van der Waals surface area (Å²) in [6.07, 6.45) is 0. The maximum Gasteiger partial charge on any atom is 0.248 e. The zero-order valence-corrected chi connectivity index (χ0v) is 11.3. The second-order valence-electron chi connectivity index (χ2n) is 2.76. The second-order valence-corrected chi connectivity index (χ2v) is 4.71. The van der Waals surface area contributed by atoms with Crippen molar-refractivity contribution in [2.24, 2.45) is 5.73 Å². The van der Waals surface area contributed by atoms with Gasteiger partial charge in [-0.05, 0) is 12.1 Å². The van der Waals surface area contributed by atoms with E-state index in [1.165, 1.54) is 18.2 Å². The van der Waals surface area contributed by atoms with Gasteiger partial charge in [-0.3, -0.25) is 9.18 Å². The van der Waals surface area contributed by atoms with E-state index in [-0.39, 0.29) is 15.6 Å². The highest BCUT2D eigenvalue weighted by molar-refractivity contribution is 9.10. The number of carbonyl (C=O) groups is 1. The van der Waals surface area contributed by atoms with E-state index in [1.54, 1.807) is 0 Å². The third-order valence-electron chi connectivity index (χ3n) is 1.74. The van der Waals surface area contributed by atoms with Gasteiger partial charge >= 0.3 is 0 Å². The van der Waals surface area contributed by atoms with Crippen molar-refractivity contribution >= 4 is 30.2 Å². The third kappa shape index (κ3) is 4.63. The minimum atomic E-state index is -2.69. The second kappa shape index (κ2) is 7.66. The van der Waals surface area contributed by atoms with Gasteiger partial charge in [0.05, 0.1) is 7.18 Å². The van der Waals surface area contributed by atoms with E-state index < -0.39 is 20.2 Å². The Balaban J connectivity index is 0.00000121. The smallest absolute Gasteiger partial charge is 0.248 e. The lowest BCUT2D eigenvalue weighted by molar-refractivity contribution is 0.1000. The van der Waals surface area contributed by atoms with Crippen molar-refractivity contribution in [1.29, 1.82) is 0 Å². The van der Waals surface area contributed by atoms with Crippen molar-refractivity contribution in [1.82, 2.24) is 0 Å². The van der Waals surface area contributed by atoms with Gasteiger partial charge in [0.2, 0.25) is 14.3 Å². The highest BCUT2D eigenvalue weighted by Crippen LogP contribution is 2.47. The van der Waals surface area contributed by atoms with E-state index in [4.69, 9.17) is 15.5 Å². The molecule has 1 rings (SSSR count). The first kappa shape index (κ1) is 16.4. The van der Waals surface area contributed by atoms with Crippen LogP contribution in [0.4, 0.5) is 8.78 Å². The van der Waals surface area contributed by atoms with Gasteiger partial charge < -0.3 is 15.5 Å². The lowest BCUT2D eigenvalue weighted by Crippen LogP contribution is -2.11. The first-order chi connectivity index (χ1) is 7.93. The Bertz CT molecular complexity index is 393. The maximum atomic E-state index is 13.2. The number of hydrogen-bond acceptors (Lipinski definition) is 3. The standard InChI is InChI=1S/C8H8BrFNO3P.CH3F/c9-6-3-4(8(11)12)1-2-5(6)7(10)15(13)14;1-2/h1-3,7,13-14H,(H2,11,12);1H3. The summed E-state index contributed by atoms with van der Waals surface area (Å²) in [4.78, 5) is 28.2. The van der Waals surface area contributed by atoms with E-state index in [0.29, 0.717) is 7.18 Å². The zero-order chi connectivity index (χ0) is 13.6. The van der Waals surface area contributed by atoms with Crippen LogP contribution < -0.4 is 5.73 Å². The molecule has 1 unspecified atom stereocenters. The zero-order valence-electron chi connectivity index (χ0n) is 8.77. The lowest BCUT2D eigenvalue weighted by atomic mass is 10.1. The summed E-state index contributed by atoms with van der Waals surface area (Å²) in [6, 6.07) is 3.95. The van der Waals surface area contributed by atoms with Gasteiger partial charge in [0.15, 0.2) is 5.91 Å². The van der Waals surface area contributed by atoms with Crippen LogP contribution in [0.25, 0.3) is 0 Å². The minimum absolute atomic E-state index is 0.0797. The van der Waals surface area contributed by atoms with Gasteiger partial charge in [0.1, 0.15) is 0 Å². The summed E-state index contributed by atoms with van der Waals surface area (Å²) in [7, 11) is -2.19. The lowest BCUT2D eigenvalue weighted by Gasteiger charge is -2.11. The van der Waals surface area contributed by atoms with Gasteiger partial charge in [-0.1, -0.05) is 22.0 Å². The Hall–Kier alpha value is -0.620. The first-order valence-corrected chi connectivity index (χ1v) is 6.32. The Kier molecular flexibility index (Phi) is 7.38. The summed E-state index contributed by atoms with van der Waals surface area (Å²) in [5.41, 5.74) is 5.32. The van der Waals surface area contributed by atoms with Crippen molar-refractivity contribution in [3.05, 3.63) is 33.8 Å². The summed E-state index contributed by atoms with van der Waals surface area (Å²) in [6.45, 7) is 0. The van der Waals surface area contributed by atoms with Crippen LogP contribution in [0.5, 0.6) is 0 Å². The predicted octanol–water partition coefficient (Wildman–Crippen LogP) is 2.40. The molecule has 0 bridgehead atoms. The fraction of sp³-hybridized carbons (Fsp3) is 0.222. The Morgan fingerprint density at radius 1 is 1.47 bits per heavy atom. The Morgan fingerprint density at radius 2 is 2.00 bits per heavy atom. The van der Waals surface area contributed by atoms with Gasteiger partial charge in [0, 0.05) is 15.6 Å². The molecule has 0 radical (unpaired) electrons. The van der Waals surface area contributed by atoms with Gasteiger partial charge in [-0.2, -0.15) is 0 Å². The summed E-state index contributed by atoms with van der Waals surface area (Å²) in [5.74, 6) is -2.50. The molecule has 4 N–H and O–H groups in total. The molecule has 0 aliphatic heterocycles. The molecule has 0 aromatic heterocycles. The number of hydrogen-bond donors (Lipinski definition) is 3. The van der Waals surface area contributed by atoms with Gasteiger partial charge in [0.25, 0.3) is 0 Å². The van der Waals surface area contributed by atoms with Crippen LogP contribution in [0.15, 0.2) is 22.7 Å². The molecule has 0 aliphatic rings. The van der Waals surface area contributed by atoms with Crippen LogP contribution in [0, 0.1) is 0 Å². The van der Waals surface area contributed by atoms with Crippen molar-refractivity contribution in [2.45, 2.75) is 5.91 Å². The number of amides is 1. The number of carbonyl (C=O) groups excluding carboxylic acids is 1. The largest absolute Gasteiger partial charge is 0.366 e. The number of nitrogens with two attached hydrogens (primary N) is 1. The monoisotopic (exact) mass is 329 g/mol. The van der Waals surface area contributed by atoms with E-state index in [1.807, 2.05) is 0 Å². The van der Waals surface area contributed by atoms with Crippen molar-refractivity contribution < 1.29 is 23.4 Å². The SMILES string of the molecule is CF.NC(=O)c1ccc(C(F)P(O)O)c(Br)c1. The van der Waals surface area contributed by atoms with E-state index in [0.717, 1.165) is 0 Å². The summed E-state index contributed by atoms with van der Waals surface area (Å²) < 4.78 is 23.0. The van der Waals surface area contributed by atoms with Crippen LogP contribution >= 0.6 is 24.3 Å². The number of alkyl halides is 2. The fourth-order valence-electron chi connectivity index (χ4n) is 0.998. The average Bonchev–Trinajstić information content (AvgIpc) is 2.30. The topological polar surface area (TPSA) is 83.6 Å². The van der Waals surface area contributed by atoms with Crippen molar-refractivity contribution in [3.8, 4) is 0 Å². The highest BCUT2D eigenvalue weighted by atomic mass is 79.9. The van der Waals surface area contributed by atoms with Crippen LogP contribution in [0.3, 0.4) is 0 Å². The number of halogens is 3. The molecular weight excluding hydrogens is 319 g/mol. The molecule has 1 aromatic carbocycles. The molecule has 0 saturated heterocycles. The molecule has 0 heterocycles. The Labute approximate surface area is 106 Å². The van der Waals surface area contributed by atoms with Gasteiger partial charge in [-0.25, -0.2) is 4.39 Å². The number of primary amides is 1. The average molecular weight is 330 g/mol. The minimum Gasteiger partial charge on any atom is -0.366 e. The van der Waals surface area contributed by atoms with E-state index in [2.05, 4.69) is 15.9 Å². The van der Waals surface area contributed by atoms with Crippen LogP contribution in [-0.4, -0.2) is 22.9 Å². The fourth-order valence-corrected chi connectivity index (χ4v) is 2.23. The molecule has 0 saturated carbocycles. The molecule has 0 fully saturated rings. The van der Waals surface area contributed by atoms with Crippen LogP contribution in [-0.2, 0) is 0 Å². The summed E-state index contributed by atoms with van der Waals surface area (Å²) >= 11 is 3.02. The molecule has 4 nitrogen and oxygen atoms in total. The molecule has 1 amide bonds. The molecule has 17 heavy (non-hydrogen) atoms. The molecule has 8 heteroatoms. The molecule has 1 atom stereocenters. The molecule has 96 valence electrons. The van der Waals surface area contributed by atoms with Gasteiger partial charge in [-0.15, -0.1) is 0 Å². The third-order valence-corrected chi connectivity index (χ3v) is 3.11. The quantitative estimate of drug-likeness (QED) is 0.744.